The van der Waals surface area contributed by atoms with E-state index in [4.69, 9.17) is 16.3 Å². The van der Waals surface area contributed by atoms with Gasteiger partial charge in [-0.3, -0.25) is 4.79 Å². The van der Waals surface area contributed by atoms with Gasteiger partial charge in [-0.2, -0.15) is 13.2 Å². The Morgan fingerprint density at radius 1 is 1.24 bits per heavy atom. The largest absolute Gasteiger partial charge is 0.433 e. The molecule has 0 radical (unpaired) electrons. The van der Waals surface area contributed by atoms with Gasteiger partial charge in [0.15, 0.2) is 0 Å². The number of likely N-dealkylation sites (N-methyl/N-ethyl adjacent to an activating group) is 1. The summed E-state index contributed by atoms with van der Waals surface area (Å²) in [5, 5.41) is 9.31. The van der Waals surface area contributed by atoms with E-state index >= 15 is 0 Å². The zero-order valence-electron chi connectivity index (χ0n) is 16.2. The molecule has 6 nitrogen and oxygen atoms in total. The number of alkyl halides is 3. The Labute approximate surface area is 172 Å². The Hall–Kier alpha value is -1.55. The normalized spacial score (nSPS) is 20.6. The van der Waals surface area contributed by atoms with E-state index in [1.807, 2.05) is 11.9 Å². The molecule has 0 amide bonds. The lowest BCUT2D eigenvalue weighted by molar-refractivity contribution is -0.206. The highest BCUT2D eigenvalue weighted by Gasteiger charge is 2.46. The number of aliphatic hydroxyl groups excluding tert-OH is 1. The predicted molar refractivity (Wildman–Crippen MR) is 105 cm³/mol. The average Bonchev–Trinajstić information content (AvgIpc) is 2.68. The van der Waals surface area contributed by atoms with Crippen LogP contribution >= 0.6 is 11.6 Å². The van der Waals surface area contributed by atoms with Gasteiger partial charge in [-0.1, -0.05) is 0 Å². The van der Waals surface area contributed by atoms with Gasteiger partial charge >= 0.3 is 6.18 Å². The quantitative estimate of drug-likeness (QED) is 0.567. The summed E-state index contributed by atoms with van der Waals surface area (Å²) < 4.78 is 45.8. The fourth-order valence-corrected chi connectivity index (χ4v) is 3.97. The number of benzene rings is 1. The van der Waals surface area contributed by atoms with E-state index in [9.17, 15) is 23.1 Å². The molecule has 2 aliphatic heterocycles. The second kappa shape index (κ2) is 9.07. The van der Waals surface area contributed by atoms with Crippen LogP contribution in [0.25, 0.3) is 0 Å². The Morgan fingerprint density at radius 3 is 2.41 bits per heavy atom. The van der Waals surface area contributed by atoms with E-state index in [2.05, 4.69) is 4.90 Å². The Bertz CT molecular complexity index is 720. The summed E-state index contributed by atoms with van der Waals surface area (Å²) in [6, 6.07) is 4.03. The van der Waals surface area contributed by atoms with Crippen LogP contribution in [0.3, 0.4) is 0 Å². The summed E-state index contributed by atoms with van der Waals surface area (Å²) in [5.41, 5.74) is 0.638. The van der Waals surface area contributed by atoms with Crippen molar-refractivity contribution in [1.82, 2.24) is 4.90 Å². The minimum absolute atomic E-state index is 0.00171. The van der Waals surface area contributed by atoms with E-state index in [-0.39, 0.29) is 24.5 Å². The molecule has 2 aliphatic rings. The molecule has 1 N–H and O–H groups in total. The molecule has 0 aliphatic carbocycles. The van der Waals surface area contributed by atoms with Crippen LogP contribution in [0.15, 0.2) is 18.2 Å². The van der Waals surface area contributed by atoms with Crippen molar-refractivity contribution in [2.75, 3.05) is 56.2 Å². The molecule has 1 aromatic rings. The van der Waals surface area contributed by atoms with Gasteiger partial charge in [0.2, 0.25) is 6.23 Å². The van der Waals surface area contributed by atoms with Crippen molar-refractivity contribution in [2.24, 2.45) is 0 Å². The Balaban J connectivity index is 2.03. The summed E-state index contributed by atoms with van der Waals surface area (Å²) in [6.07, 6.45) is -7.01. The zero-order valence-corrected chi connectivity index (χ0v) is 16.9. The SMILES string of the molecule is CN1CCN(c2ccc(C(=O)Cl)c(N(C3CCOCC3)C(O)C(F)(F)F)c2)CC1. The van der Waals surface area contributed by atoms with Crippen molar-refractivity contribution in [3.8, 4) is 0 Å². The number of rotatable bonds is 5. The number of carbonyl (C=O) groups excluding carboxylic acids is 1. The summed E-state index contributed by atoms with van der Waals surface area (Å²) in [7, 11) is 2.00. The van der Waals surface area contributed by atoms with Gasteiger partial charge in [-0.25, -0.2) is 0 Å². The van der Waals surface area contributed by atoms with Crippen LogP contribution in [-0.2, 0) is 4.74 Å². The number of anilines is 2. The highest BCUT2D eigenvalue weighted by Crippen LogP contribution is 2.37. The van der Waals surface area contributed by atoms with Crippen LogP contribution in [0.5, 0.6) is 0 Å². The maximum Gasteiger partial charge on any atom is 0.433 e. The Kier molecular flexibility index (Phi) is 6.93. The van der Waals surface area contributed by atoms with Crippen molar-refractivity contribution < 1.29 is 27.8 Å². The van der Waals surface area contributed by atoms with Gasteiger partial charge in [0, 0.05) is 51.1 Å². The number of ether oxygens (including phenoxy) is 1. The van der Waals surface area contributed by atoms with Crippen molar-refractivity contribution in [3.63, 3.8) is 0 Å². The zero-order chi connectivity index (χ0) is 21.2. The van der Waals surface area contributed by atoms with Crippen molar-refractivity contribution >= 4 is 28.2 Å². The molecule has 29 heavy (non-hydrogen) atoms. The van der Waals surface area contributed by atoms with Crippen molar-refractivity contribution in [2.45, 2.75) is 31.3 Å². The summed E-state index contributed by atoms with van der Waals surface area (Å²) in [5.74, 6) is 0. The lowest BCUT2D eigenvalue weighted by Crippen LogP contribution is -2.53. The molecular weight excluding hydrogens is 411 g/mol. The van der Waals surface area contributed by atoms with Crippen molar-refractivity contribution in [3.05, 3.63) is 23.8 Å². The Morgan fingerprint density at radius 2 is 1.86 bits per heavy atom. The lowest BCUT2D eigenvalue weighted by Gasteiger charge is -2.41. The highest BCUT2D eigenvalue weighted by atomic mass is 35.5. The minimum atomic E-state index is -4.88. The van der Waals surface area contributed by atoms with Gasteiger partial charge in [0.25, 0.3) is 5.24 Å². The highest BCUT2D eigenvalue weighted by molar-refractivity contribution is 6.68. The number of aliphatic hydroxyl groups is 1. The monoisotopic (exact) mass is 435 g/mol. The molecule has 2 heterocycles. The molecule has 2 fully saturated rings. The van der Waals surface area contributed by atoms with E-state index in [0.29, 0.717) is 31.6 Å². The summed E-state index contributed by atoms with van der Waals surface area (Å²) in [6.45, 7) is 3.63. The third kappa shape index (κ3) is 5.14. The molecule has 1 aromatic carbocycles. The third-order valence-electron chi connectivity index (χ3n) is 5.48. The van der Waals surface area contributed by atoms with Gasteiger partial charge in [-0.05, 0) is 49.7 Å². The first-order valence-electron chi connectivity index (χ1n) is 9.56. The number of hydrogen-bond acceptors (Lipinski definition) is 6. The van der Waals surface area contributed by atoms with Crippen LogP contribution in [-0.4, -0.2) is 80.1 Å². The van der Waals surface area contributed by atoms with Gasteiger partial charge < -0.3 is 24.5 Å². The lowest BCUT2D eigenvalue weighted by atomic mass is 10.0. The molecule has 1 atom stereocenters. The van der Waals surface area contributed by atoms with Gasteiger partial charge in [0.1, 0.15) is 0 Å². The van der Waals surface area contributed by atoms with Crippen LogP contribution in [0.1, 0.15) is 23.2 Å². The molecule has 10 heteroatoms. The molecule has 0 saturated carbocycles. The fraction of sp³-hybridized carbons (Fsp3) is 0.632. The first-order chi connectivity index (χ1) is 13.7. The molecule has 0 aromatic heterocycles. The fourth-order valence-electron chi connectivity index (χ4n) is 3.81. The first kappa shape index (κ1) is 22.1. The molecule has 1 unspecified atom stereocenters. The van der Waals surface area contributed by atoms with Crippen LogP contribution in [0.4, 0.5) is 24.5 Å². The number of nitrogens with zero attached hydrogens (tertiary/aromatic N) is 3. The number of piperazine rings is 1. The number of hydrogen-bond donors (Lipinski definition) is 1. The topological polar surface area (TPSA) is 56.2 Å². The summed E-state index contributed by atoms with van der Waals surface area (Å²) >= 11 is 5.69. The van der Waals surface area contributed by atoms with E-state index in [1.165, 1.54) is 12.1 Å². The minimum Gasteiger partial charge on any atom is -0.381 e. The second-order valence-electron chi connectivity index (χ2n) is 7.43. The van der Waals surface area contributed by atoms with Gasteiger partial charge in [0.05, 0.1) is 11.3 Å². The molecule has 0 spiro atoms. The molecule has 3 rings (SSSR count). The van der Waals surface area contributed by atoms with Crippen LogP contribution in [0, 0.1) is 0 Å². The van der Waals surface area contributed by atoms with E-state index in [0.717, 1.165) is 18.0 Å². The first-order valence-corrected chi connectivity index (χ1v) is 9.94. The van der Waals surface area contributed by atoms with E-state index in [1.54, 1.807) is 6.07 Å². The maximum atomic E-state index is 13.5. The second-order valence-corrected chi connectivity index (χ2v) is 7.77. The van der Waals surface area contributed by atoms with E-state index < -0.39 is 23.7 Å². The number of carbonyl (C=O) groups is 1. The predicted octanol–water partition coefficient (Wildman–Crippen LogP) is 2.68. The maximum absolute atomic E-state index is 13.5. The average molecular weight is 436 g/mol. The molecule has 162 valence electrons. The number of halogens is 4. The molecule has 2 saturated heterocycles. The smallest absolute Gasteiger partial charge is 0.381 e. The molecular formula is C19H25ClF3N3O3. The standard InChI is InChI=1S/C19H25ClF3N3O3/c1-24-6-8-25(9-7-24)14-2-3-15(17(20)27)16(12-14)26(18(28)19(21,22)23)13-4-10-29-11-5-13/h2-3,12-13,18,28H,4-11H2,1H3. The van der Waals surface area contributed by atoms with Crippen LogP contribution < -0.4 is 9.80 Å². The van der Waals surface area contributed by atoms with Crippen LogP contribution in [0.2, 0.25) is 0 Å². The van der Waals surface area contributed by atoms with Crippen molar-refractivity contribution in [1.29, 1.82) is 0 Å². The van der Waals surface area contributed by atoms with Gasteiger partial charge in [-0.15, -0.1) is 0 Å². The molecule has 0 bridgehead atoms. The third-order valence-corrected chi connectivity index (χ3v) is 5.68. The summed E-state index contributed by atoms with van der Waals surface area (Å²) in [4.78, 5) is 17.1.